The van der Waals surface area contributed by atoms with Crippen LogP contribution < -0.4 is 0 Å². The van der Waals surface area contributed by atoms with Crippen molar-refractivity contribution in [3.05, 3.63) is 78.5 Å². The topological polar surface area (TPSA) is 59.7 Å². The van der Waals surface area contributed by atoms with Crippen molar-refractivity contribution in [2.24, 2.45) is 0 Å². The molecule has 1 saturated heterocycles. The van der Waals surface area contributed by atoms with E-state index in [9.17, 15) is 4.79 Å². The number of morpholine rings is 1. The maximum atomic E-state index is 13.1. The highest BCUT2D eigenvalue weighted by Gasteiger charge is 2.24. The second kappa shape index (κ2) is 7.48. The van der Waals surface area contributed by atoms with Gasteiger partial charge >= 0.3 is 0 Å². The fourth-order valence-corrected chi connectivity index (χ4v) is 3.62. The summed E-state index contributed by atoms with van der Waals surface area (Å²) in [5.74, 6) is -0.0555. The van der Waals surface area contributed by atoms with Crippen molar-refractivity contribution in [2.45, 2.75) is 0 Å². The van der Waals surface area contributed by atoms with E-state index in [1.807, 2.05) is 66.7 Å². The first-order valence-corrected chi connectivity index (χ1v) is 9.68. The van der Waals surface area contributed by atoms with E-state index >= 15 is 0 Å². The number of benzene rings is 2. The van der Waals surface area contributed by atoms with Crippen LogP contribution in [-0.2, 0) is 4.74 Å². The Balaban J connectivity index is 1.70. The Kier molecular flexibility index (Phi) is 4.54. The van der Waals surface area contributed by atoms with Crippen molar-refractivity contribution in [1.29, 1.82) is 0 Å². The summed E-state index contributed by atoms with van der Waals surface area (Å²) >= 11 is 0. The summed E-state index contributed by atoms with van der Waals surface area (Å²) in [5, 5.41) is 4.52. The fourth-order valence-electron chi connectivity index (χ4n) is 3.62. The van der Waals surface area contributed by atoms with E-state index in [1.165, 1.54) is 0 Å². The molecule has 0 aliphatic carbocycles. The molecule has 0 N–H and O–H groups in total. The lowest BCUT2D eigenvalue weighted by molar-refractivity contribution is 0.0304. The quantitative estimate of drug-likeness (QED) is 0.542. The standard InChI is InChI=1S/C23H20N4O2/c28-23(26-11-13-29-14-12-26)19-16-24-27-21(18-9-5-2-6-10-18)15-20(25-22(19)27)17-7-3-1-4-8-17/h1-10,15-16H,11-14H2. The van der Waals surface area contributed by atoms with E-state index in [4.69, 9.17) is 9.72 Å². The zero-order chi connectivity index (χ0) is 19.6. The van der Waals surface area contributed by atoms with E-state index in [1.54, 1.807) is 15.6 Å². The predicted molar refractivity (Wildman–Crippen MR) is 111 cm³/mol. The Hall–Kier alpha value is -3.51. The van der Waals surface area contributed by atoms with Crippen molar-refractivity contribution < 1.29 is 9.53 Å². The number of hydrogen-bond acceptors (Lipinski definition) is 4. The summed E-state index contributed by atoms with van der Waals surface area (Å²) in [6, 6.07) is 22.1. The maximum Gasteiger partial charge on any atom is 0.259 e. The smallest absolute Gasteiger partial charge is 0.259 e. The lowest BCUT2D eigenvalue weighted by Crippen LogP contribution is -2.40. The highest BCUT2D eigenvalue weighted by molar-refractivity contribution is 6.00. The highest BCUT2D eigenvalue weighted by atomic mass is 16.5. The molecule has 4 aromatic rings. The minimum absolute atomic E-state index is 0.0555. The molecule has 0 radical (unpaired) electrons. The van der Waals surface area contributed by atoms with Crippen LogP contribution in [0.2, 0.25) is 0 Å². The van der Waals surface area contributed by atoms with Gasteiger partial charge in [0.1, 0.15) is 5.56 Å². The molecule has 5 rings (SSSR count). The third-order valence-corrected chi connectivity index (χ3v) is 5.14. The number of aromatic nitrogens is 3. The first-order valence-electron chi connectivity index (χ1n) is 9.68. The minimum atomic E-state index is -0.0555. The molecule has 0 bridgehead atoms. The Morgan fingerprint density at radius 1 is 0.897 bits per heavy atom. The van der Waals surface area contributed by atoms with Crippen LogP contribution in [0.5, 0.6) is 0 Å². The van der Waals surface area contributed by atoms with Crippen LogP contribution in [0.25, 0.3) is 28.2 Å². The molecule has 1 fully saturated rings. The number of nitrogens with zero attached hydrogens (tertiary/aromatic N) is 4. The SMILES string of the molecule is O=C(c1cnn2c(-c3ccccc3)cc(-c3ccccc3)nc12)N1CCOCC1. The van der Waals surface area contributed by atoms with Crippen molar-refractivity contribution in [2.75, 3.05) is 26.3 Å². The van der Waals surface area contributed by atoms with Gasteiger partial charge in [0.05, 0.1) is 30.8 Å². The number of carbonyl (C=O) groups is 1. The van der Waals surface area contributed by atoms with Crippen LogP contribution in [-0.4, -0.2) is 51.7 Å². The first-order chi connectivity index (χ1) is 14.3. The van der Waals surface area contributed by atoms with E-state index < -0.39 is 0 Å². The van der Waals surface area contributed by atoms with Crippen molar-refractivity contribution in [1.82, 2.24) is 19.5 Å². The Bertz CT molecular complexity index is 1150. The molecule has 0 atom stereocenters. The molecule has 1 aliphatic heterocycles. The van der Waals surface area contributed by atoms with Gasteiger partial charge in [-0.3, -0.25) is 4.79 Å². The number of hydrogen-bond donors (Lipinski definition) is 0. The van der Waals surface area contributed by atoms with Crippen LogP contribution in [0.3, 0.4) is 0 Å². The van der Waals surface area contributed by atoms with Gasteiger partial charge in [-0.05, 0) is 6.07 Å². The number of ether oxygens (including phenoxy) is 1. The van der Waals surface area contributed by atoms with E-state index in [0.717, 1.165) is 22.5 Å². The summed E-state index contributed by atoms with van der Waals surface area (Å²) < 4.78 is 7.14. The second-order valence-electron chi connectivity index (χ2n) is 6.96. The largest absolute Gasteiger partial charge is 0.378 e. The van der Waals surface area contributed by atoms with Crippen LogP contribution in [0.1, 0.15) is 10.4 Å². The molecule has 144 valence electrons. The maximum absolute atomic E-state index is 13.1. The zero-order valence-electron chi connectivity index (χ0n) is 15.9. The van der Waals surface area contributed by atoms with Crippen LogP contribution in [0, 0.1) is 0 Å². The average Bonchev–Trinajstić information content (AvgIpc) is 3.24. The molecule has 0 saturated carbocycles. The van der Waals surface area contributed by atoms with Gasteiger partial charge in [-0.2, -0.15) is 5.10 Å². The second-order valence-corrected chi connectivity index (χ2v) is 6.96. The Morgan fingerprint density at radius 2 is 1.55 bits per heavy atom. The number of carbonyl (C=O) groups excluding carboxylic acids is 1. The summed E-state index contributed by atoms with van der Waals surface area (Å²) in [4.78, 5) is 19.8. The lowest BCUT2D eigenvalue weighted by Gasteiger charge is -2.26. The summed E-state index contributed by atoms with van der Waals surface area (Å²) in [6.07, 6.45) is 1.63. The van der Waals surface area contributed by atoms with Crippen molar-refractivity contribution >= 4 is 11.6 Å². The van der Waals surface area contributed by atoms with Crippen LogP contribution in [0.4, 0.5) is 0 Å². The predicted octanol–water partition coefficient (Wildman–Crippen LogP) is 3.54. The summed E-state index contributed by atoms with van der Waals surface area (Å²) in [5.41, 5.74) is 4.82. The first kappa shape index (κ1) is 17.6. The number of rotatable bonds is 3. The molecule has 0 spiro atoms. The van der Waals surface area contributed by atoms with Crippen LogP contribution >= 0.6 is 0 Å². The molecule has 1 amide bonds. The Labute approximate surface area is 168 Å². The van der Waals surface area contributed by atoms with Gasteiger partial charge in [-0.15, -0.1) is 0 Å². The van der Waals surface area contributed by atoms with Gasteiger partial charge in [-0.25, -0.2) is 9.50 Å². The molecule has 6 nitrogen and oxygen atoms in total. The van der Waals surface area contributed by atoms with Crippen LogP contribution in [0.15, 0.2) is 72.9 Å². The molecule has 3 heterocycles. The van der Waals surface area contributed by atoms with Gasteiger partial charge in [-0.1, -0.05) is 60.7 Å². The molecule has 29 heavy (non-hydrogen) atoms. The minimum Gasteiger partial charge on any atom is -0.378 e. The summed E-state index contributed by atoms with van der Waals surface area (Å²) in [7, 11) is 0. The van der Waals surface area contributed by atoms with Gasteiger partial charge < -0.3 is 9.64 Å². The molecule has 2 aromatic heterocycles. The normalized spacial score (nSPS) is 14.3. The molecular formula is C23H20N4O2. The fraction of sp³-hybridized carbons (Fsp3) is 0.174. The van der Waals surface area contributed by atoms with Gasteiger partial charge in [0.25, 0.3) is 5.91 Å². The molecule has 2 aromatic carbocycles. The highest BCUT2D eigenvalue weighted by Crippen LogP contribution is 2.27. The Morgan fingerprint density at radius 3 is 2.24 bits per heavy atom. The van der Waals surface area contributed by atoms with E-state index in [0.29, 0.717) is 37.5 Å². The summed E-state index contributed by atoms with van der Waals surface area (Å²) in [6.45, 7) is 2.28. The third-order valence-electron chi connectivity index (χ3n) is 5.14. The molecule has 0 unspecified atom stereocenters. The third kappa shape index (κ3) is 3.28. The molecule has 6 heteroatoms. The zero-order valence-corrected chi connectivity index (χ0v) is 15.9. The lowest BCUT2D eigenvalue weighted by atomic mass is 10.1. The number of amides is 1. The number of fused-ring (bicyclic) bond motifs is 1. The van der Waals surface area contributed by atoms with Crippen molar-refractivity contribution in [3.8, 4) is 22.5 Å². The average molecular weight is 384 g/mol. The monoisotopic (exact) mass is 384 g/mol. The van der Waals surface area contributed by atoms with Crippen molar-refractivity contribution in [3.63, 3.8) is 0 Å². The molecular weight excluding hydrogens is 364 g/mol. The van der Waals surface area contributed by atoms with Gasteiger partial charge in [0, 0.05) is 24.2 Å². The van der Waals surface area contributed by atoms with E-state index in [-0.39, 0.29) is 5.91 Å². The molecule has 1 aliphatic rings. The van der Waals surface area contributed by atoms with Gasteiger partial charge in [0.15, 0.2) is 5.65 Å². The van der Waals surface area contributed by atoms with E-state index in [2.05, 4.69) is 5.10 Å². The van der Waals surface area contributed by atoms with Gasteiger partial charge in [0.2, 0.25) is 0 Å².